The molecule has 0 spiro atoms. The fraction of sp³-hybridized carbons (Fsp3) is 0.250. The summed E-state index contributed by atoms with van der Waals surface area (Å²) in [7, 11) is 2.85. The second-order valence-corrected chi connectivity index (χ2v) is 2.41. The van der Waals surface area contributed by atoms with Crippen molar-refractivity contribution in [3.05, 3.63) is 23.5 Å². The van der Waals surface area contributed by atoms with Gasteiger partial charge in [-0.25, -0.2) is 13.2 Å². The molecule has 0 saturated carbocycles. The Morgan fingerprint density at radius 1 is 0.846 bits per heavy atom. The third-order valence-corrected chi connectivity index (χ3v) is 1.69. The number of hydrogen-bond acceptors (Lipinski definition) is 2. The molecule has 13 heavy (non-hydrogen) atoms. The zero-order chi connectivity index (χ0) is 10.0. The molecule has 2 nitrogen and oxygen atoms in total. The molecule has 0 bridgehead atoms. The van der Waals surface area contributed by atoms with Crippen LogP contribution in [-0.2, 0) is 0 Å². The van der Waals surface area contributed by atoms with E-state index in [1.807, 2.05) is 0 Å². The van der Waals surface area contributed by atoms with E-state index in [2.05, 4.69) is 10.6 Å². The molecule has 0 radical (unpaired) electrons. The molecule has 0 saturated heterocycles. The third-order valence-electron chi connectivity index (χ3n) is 1.69. The Labute approximate surface area is 73.8 Å². The maximum absolute atomic E-state index is 12.9. The summed E-state index contributed by atoms with van der Waals surface area (Å²) in [6.45, 7) is 0. The van der Waals surface area contributed by atoms with E-state index in [4.69, 9.17) is 0 Å². The SMILES string of the molecule is CNc1cc(NC)c(F)c(F)c1F. The van der Waals surface area contributed by atoms with Crippen LogP contribution >= 0.6 is 0 Å². The van der Waals surface area contributed by atoms with Crippen LogP contribution < -0.4 is 10.6 Å². The summed E-state index contributed by atoms with van der Waals surface area (Å²) in [4.78, 5) is 0. The smallest absolute Gasteiger partial charge is 0.198 e. The third kappa shape index (κ3) is 1.54. The molecular formula is C8H9F3N2. The molecule has 5 heteroatoms. The number of anilines is 2. The van der Waals surface area contributed by atoms with Gasteiger partial charge in [0, 0.05) is 14.1 Å². The van der Waals surface area contributed by atoms with Crippen molar-refractivity contribution in [3.8, 4) is 0 Å². The first-order valence-corrected chi connectivity index (χ1v) is 3.64. The topological polar surface area (TPSA) is 24.1 Å². The average molecular weight is 190 g/mol. The van der Waals surface area contributed by atoms with Gasteiger partial charge in [0.05, 0.1) is 11.4 Å². The van der Waals surface area contributed by atoms with Gasteiger partial charge in [0.25, 0.3) is 0 Å². The lowest BCUT2D eigenvalue weighted by Gasteiger charge is -2.08. The molecule has 0 unspecified atom stereocenters. The van der Waals surface area contributed by atoms with E-state index < -0.39 is 17.5 Å². The summed E-state index contributed by atoms with van der Waals surface area (Å²) in [5, 5.41) is 4.83. The van der Waals surface area contributed by atoms with Crippen LogP contribution in [0.3, 0.4) is 0 Å². The van der Waals surface area contributed by atoms with Crippen LogP contribution in [0.25, 0.3) is 0 Å². The molecule has 0 aliphatic heterocycles. The highest BCUT2D eigenvalue weighted by atomic mass is 19.2. The minimum atomic E-state index is -1.48. The number of hydrogen-bond donors (Lipinski definition) is 2. The lowest BCUT2D eigenvalue weighted by atomic mass is 10.2. The van der Waals surface area contributed by atoms with Gasteiger partial charge in [0.15, 0.2) is 17.5 Å². The summed E-state index contributed by atoms with van der Waals surface area (Å²) in [5.74, 6) is -3.89. The number of rotatable bonds is 2. The van der Waals surface area contributed by atoms with Crippen molar-refractivity contribution in [3.63, 3.8) is 0 Å². The zero-order valence-electron chi connectivity index (χ0n) is 7.21. The molecule has 72 valence electrons. The molecule has 0 aliphatic carbocycles. The lowest BCUT2D eigenvalue weighted by Crippen LogP contribution is -2.03. The van der Waals surface area contributed by atoms with E-state index in [9.17, 15) is 13.2 Å². The molecule has 1 rings (SSSR count). The van der Waals surface area contributed by atoms with Gasteiger partial charge in [-0.15, -0.1) is 0 Å². The van der Waals surface area contributed by atoms with E-state index in [-0.39, 0.29) is 11.4 Å². The number of halogens is 3. The fourth-order valence-corrected chi connectivity index (χ4v) is 0.968. The lowest BCUT2D eigenvalue weighted by molar-refractivity contribution is 0.451. The van der Waals surface area contributed by atoms with Gasteiger partial charge in [-0.3, -0.25) is 0 Å². The van der Waals surface area contributed by atoms with Crippen LogP contribution in [0.1, 0.15) is 0 Å². The van der Waals surface area contributed by atoms with Gasteiger partial charge >= 0.3 is 0 Å². The predicted molar refractivity (Wildman–Crippen MR) is 45.4 cm³/mol. The molecule has 1 aromatic rings. The van der Waals surface area contributed by atoms with E-state index in [1.54, 1.807) is 0 Å². The first-order chi connectivity index (χ1) is 6.11. The highest BCUT2D eigenvalue weighted by Crippen LogP contribution is 2.26. The quantitative estimate of drug-likeness (QED) is 0.698. The molecule has 0 atom stereocenters. The monoisotopic (exact) mass is 190 g/mol. The maximum atomic E-state index is 12.9. The van der Waals surface area contributed by atoms with Crippen molar-refractivity contribution in [1.29, 1.82) is 0 Å². The van der Waals surface area contributed by atoms with Crippen molar-refractivity contribution in [2.24, 2.45) is 0 Å². The first-order valence-electron chi connectivity index (χ1n) is 3.64. The van der Waals surface area contributed by atoms with Crippen LogP contribution in [0.5, 0.6) is 0 Å². The highest BCUT2D eigenvalue weighted by molar-refractivity contribution is 5.58. The first kappa shape index (κ1) is 9.70. The van der Waals surface area contributed by atoms with Gasteiger partial charge in [0.1, 0.15) is 0 Å². The van der Waals surface area contributed by atoms with E-state index in [0.29, 0.717) is 0 Å². The molecule has 0 aromatic heterocycles. The van der Waals surface area contributed by atoms with Crippen molar-refractivity contribution in [2.45, 2.75) is 0 Å². The Balaban J connectivity index is 3.36. The summed E-state index contributed by atoms with van der Waals surface area (Å²) >= 11 is 0. The maximum Gasteiger partial charge on any atom is 0.198 e. The Hall–Kier alpha value is -1.39. The van der Waals surface area contributed by atoms with Gasteiger partial charge in [-0.1, -0.05) is 0 Å². The van der Waals surface area contributed by atoms with Gasteiger partial charge < -0.3 is 10.6 Å². The summed E-state index contributed by atoms with van der Waals surface area (Å²) in [6.07, 6.45) is 0. The molecular weight excluding hydrogens is 181 g/mol. The molecule has 2 N–H and O–H groups in total. The summed E-state index contributed by atoms with van der Waals surface area (Å²) in [5.41, 5.74) is -0.161. The summed E-state index contributed by atoms with van der Waals surface area (Å²) in [6, 6.07) is 1.16. The van der Waals surface area contributed by atoms with Crippen LogP contribution in [0, 0.1) is 17.5 Å². The molecule has 0 fully saturated rings. The van der Waals surface area contributed by atoms with Crippen molar-refractivity contribution in [2.75, 3.05) is 24.7 Å². The summed E-state index contributed by atoms with van der Waals surface area (Å²) < 4.78 is 38.5. The molecule has 0 amide bonds. The predicted octanol–water partition coefficient (Wildman–Crippen LogP) is 2.19. The van der Waals surface area contributed by atoms with Crippen LogP contribution in [-0.4, -0.2) is 14.1 Å². The van der Waals surface area contributed by atoms with E-state index in [0.717, 1.165) is 6.07 Å². The zero-order valence-corrected chi connectivity index (χ0v) is 7.21. The largest absolute Gasteiger partial charge is 0.386 e. The second-order valence-electron chi connectivity index (χ2n) is 2.41. The van der Waals surface area contributed by atoms with E-state index in [1.165, 1.54) is 14.1 Å². The Morgan fingerprint density at radius 3 is 1.54 bits per heavy atom. The van der Waals surface area contributed by atoms with Crippen LogP contribution in [0.4, 0.5) is 24.5 Å². The molecule has 1 aromatic carbocycles. The Bertz CT molecular complexity index is 297. The normalized spacial score (nSPS) is 9.92. The highest BCUT2D eigenvalue weighted by Gasteiger charge is 2.16. The fourth-order valence-electron chi connectivity index (χ4n) is 0.968. The Morgan fingerprint density at radius 2 is 1.23 bits per heavy atom. The van der Waals surface area contributed by atoms with Crippen LogP contribution in [0.15, 0.2) is 6.07 Å². The average Bonchev–Trinajstić information content (AvgIpc) is 2.15. The number of nitrogens with one attached hydrogen (secondary N) is 2. The van der Waals surface area contributed by atoms with E-state index >= 15 is 0 Å². The molecule has 0 heterocycles. The van der Waals surface area contributed by atoms with Crippen molar-refractivity contribution >= 4 is 11.4 Å². The number of benzene rings is 1. The minimum Gasteiger partial charge on any atom is -0.386 e. The standard InChI is InChI=1S/C8H9F3N2/c1-12-4-3-5(13-2)7(10)8(11)6(4)9/h3,12-13H,1-2H3. The van der Waals surface area contributed by atoms with Crippen LogP contribution in [0.2, 0.25) is 0 Å². The van der Waals surface area contributed by atoms with Gasteiger partial charge in [-0.2, -0.15) is 0 Å². The minimum absolute atomic E-state index is 0.0803. The van der Waals surface area contributed by atoms with Gasteiger partial charge in [-0.05, 0) is 6.07 Å². The van der Waals surface area contributed by atoms with Gasteiger partial charge in [0.2, 0.25) is 0 Å². The Kier molecular flexibility index (Phi) is 2.65. The second kappa shape index (κ2) is 3.55. The van der Waals surface area contributed by atoms with Crippen molar-refractivity contribution < 1.29 is 13.2 Å². The van der Waals surface area contributed by atoms with Crippen molar-refractivity contribution in [1.82, 2.24) is 0 Å². The molecule has 0 aliphatic rings.